The van der Waals surface area contributed by atoms with Crippen molar-refractivity contribution in [2.75, 3.05) is 16.8 Å². The number of carbonyl (C=O) groups excluding carboxylic acids is 2. The number of nitrogens with zero attached hydrogens (tertiary/aromatic N) is 3. The van der Waals surface area contributed by atoms with Crippen LogP contribution >= 0.6 is 0 Å². The SMILES string of the molecule is CC(C)n1nccc1NC(=O)[C@H]1CC(=O)N(c2ccc(F)cc2F)C1. The van der Waals surface area contributed by atoms with Gasteiger partial charge in [0.2, 0.25) is 11.8 Å². The maximum Gasteiger partial charge on any atom is 0.230 e. The molecule has 25 heavy (non-hydrogen) atoms. The van der Waals surface area contributed by atoms with E-state index in [-0.39, 0.29) is 36.5 Å². The van der Waals surface area contributed by atoms with Gasteiger partial charge in [-0.3, -0.25) is 9.59 Å². The molecule has 1 fully saturated rings. The Morgan fingerprint density at radius 3 is 2.76 bits per heavy atom. The Morgan fingerprint density at radius 2 is 2.08 bits per heavy atom. The molecule has 1 aliphatic heterocycles. The lowest BCUT2D eigenvalue weighted by molar-refractivity contribution is -0.122. The number of carbonyl (C=O) groups is 2. The van der Waals surface area contributed by atoms with Crippen molar-refractivity contribution in [3.8, 4) is 0 Å². The summed E-state index contributed by atoms with van der Waals surface area (Å²) >= 11 is 0. The molecule has 1 aromatic heterocycles. The lowest BCUT2D eigenvalue weighted by Crippen LogP contribution is -2.29. The molecule has 2 heterocycles. The van der Waals surface area contributed by atoms with Gasteiger partial charge in [0.15, 0.2) is 0 Å². The van der Waals surface area contributed by atoms with E-state index in [0.717, 1.165) is 12.1 Å². The molecule has 0 aliphatic carbocycles. The van der Waals surface area contributed by atoms with Crippen LogP contribution in [0.5, 0.6) is 0 Å². The highest BCUT2D eigenvalue weighted by molar-refractivity contribution is 6.03. The van der Waals surface area contributed by atoms with Crippen molar-refractivity contribution in [1.82, 2.24) is 9.78 Å². The van der Waals surface area contributed by atoms with Crippen LogP contribution < -0.4 is 10.2 Å². The Bertz CT molecular complexity index is 819. The molecule has 0 saturated carbocycles. The Labute approximate surface area is 143 Å². The van der Waals surface area contributed by atoms with Crippen molar-refractivity contribution in [2.24, 2.45) is 5.92 Å². The third-order valence-electron chi connectivity index (χ3n) is 4.11. The molecule has 0 radical (unpaired) electrons. The van der Waals surface area contributed by atoms with Gasteiger partial charge in [0.05, 0.1) is 17.8 Å². The lowest BCUT2D eigenvalue weighted by Gasteiger charge is -2.18. The van der Waals surface area contributed by atoms with E-state index in [9.17, 15) is 18.4 Å². The van der Waals surface area contributed by atoms with Gasteiger partial charge in [0.25, 0.3) is 0 Å². The molecule has 0 unspecified atom stereocenters. The maximum absolute atomic E-state index is 13.9. The van der Waals surface area contributed by atoms with Gasteiger partial charge >= 0.3 is 0 Å². The van der Waals surface area contributed by atoms with Gasteiger partial charge in [0, 0.05) is 31.1 Å². The molecule has 2 amide bonds. The van der Waals surface area contributed by atoms with Crippen molar-refractivity contribution in [3.05, 3.63) is 42.1 Å². The normalized spacial score (nSPS) is 17.4. The number of amides is 2. The molecule has 1 saturated heterocycles. The van der Waals surface area contributed by atoms with Gasteiger partial charge < -0.3 is 10.2 Å². The van der Waals surface area contributed by atoms with Gasteiger partial charge in [0.1, 0.15) is 17.5 Å². The van der Waals surface area contributed by atoms with E-state index in [1.54, 1.807) is 16.9 Å². The van der Waals surface area contributed by atoms with Crippen molar-refractivity contribution >= 4 is 23.3 Å². The summed E-state index contributed by atoms with van der Waals surface area (Å²) in [6.07, 6.45) is 1.55. The van der Waals surface area contributed by atoms with E-state index < -0.39 is 17.6 Å². The second kappa shape index (κ2) is 6.62. The molecule has 2 aromatic rings. The van der Waals surface area contributed by atoms with E-state index >= 15 is 0 Å². The fourth-order valence-electron chi connectivity index (χ4n) is 2.87. The van der Waals surface area contributed by atoms with Crippen LogP contribution in [0.25, 0.3) is 0 Å². The summed E-state index contributed by atoms with van der Waals surface area (Å²) in [6.45, 7) is 3.91. The van der Waals surface area contributed by atoms with Crippen LogP contribution in [0.4, 0.5) is 20.3 Å². The predicted octanol–water partition coefficient (Wildman–Crippen LogP) is 2.73. The standard InChI is InChI=1S/C17H18F2N4O2/c1-10(2)23-15(5-6-20-23)21-17(25)11-7-16(24)22(9-11)14-4-3-12(18)8-13(14)19/h3-6,8,10-11H,7,9H2,1-2H3,(H,21,25)/t11-/m0/s1. The van der Waals surface area contributed by atoms with E-state index in [1.807, 2.05) is 13.8 Å². The topological polar surface area (TPSA) is 67.2 Å². The predicted molar refractivity (Wildman–Crippen MR) is 88.1 cm³/mol. The van der Waals surface area contributed by atoms with Crippen molar-refractivity contribution < 1.29 is 18.4 Å². The Balaban J connectivity index is 1.73. The summed E-state index contributed by atoms with van der Waals surface area (Å²) in [6, 6.07) is 4.75. The third-order valence-corrected chi connectivity index (χ3v) is 4.11. The summed E-state index contributed by atoms with van der Waals surface area (Å²) in [4.78, 5) is 25.8. The number of rotatable bonds is 4. The van der Waals surface area contributed by atoms with Crippen LogP contribution in [0.2, 0.25) is 0 Å². The smallest absolute Gasteiger partial charge is 0.230 e. The van der Waals surface area contributed by atoms with Crippen LogP contribution in [-0.2, 0) is 9.59 Å². The van der Waals surface area contributed by atoms with Crippen molar-refractivity contribution in [3.63, 3.8) is 0 Å². The zero-order chi connectivity index (χ0) is 18.1. The highest BCUT2D eigenvalue weighted by atomic mass is 19.1. The summed E-state index contributed by atoms with van der Waals surface area (Å²) in [5, 5.41) is 6.89. The van der Waals surface area contributed by atoms with Gasteiger partial charge in [-0.1, -0.05) is 0 Å². The average Bonchev–Trinajstić information content (AvgIpc) is 3.14. The molecule has 132 valence electrons. The first kappa shape index (κ1) is 17.1. The number of halogens is 2. The number of aromatic nitrogens is 2. The zero-order valence-corrected chi connectivity index (χ0v) is 13.9. The molecule has 0 bridgehead atoms. The number of hydrogen-bond donors (Lipinski definition) is 1. The van der Waals surface area contributed by atoms with Crippen LogP contribution in [-0.4, -0.2) is 28.1 Å². The second-order valence-corrected chi connectivity index (χ2v) is 6.25. The summed E-state index contributed by atoms with van der Waals surface area (Å²) in [7, 11) is 0. The highest BCUT2D eigenvalue weighted by Crippen LogP contribution is 2.28. The number of benzene rings is 1. The van der Waals surface area contributed by atoms with E-state index in [4.69, 9.17) is 0 Å². The van der Waals surface area contributed by atoms with Crippen LogP contribution in [0.1, 0.15) is 26.3 Å². The van der Waals surface area contributed by atoms with Gasteiger partial charge in [-0.05, 0) is 26.0 Å². The molecular weight excluding hydrogens is 330 g/mol. The molecule has 1 aromatic carbocycles. The maximum atomic E-state index is 13.9. The monoisotopic (exact) mass is 348 g/mol. The quantitative estimate of drug-likeness (QED) is 0.924. The average molecular weight is 348 g/mol. The lowest BCUT2D eigenvalue weighted by atomic mass is 10.1. The van der Waals surface area contributed by atoms with E-state index in [0.29, 0.717) is 5.82 Å². The summed E-state index contributed by atoms with van der Waals surface area (Å²) in [5.41, 5.74) is -0.0195. The fourth-order valence-corrected chi connectivity index (χ4v) is 2.87. The Kier molecular flexibility index (Phi) is 4.52. The first-order valence-corrected chi connectivity index (χ1v) is 7.96. The minimum absolute atomic E-state index is 0.0195. The van der Waals surface area contributed by atoms with Crippen molar-refractivity contribution in [2.45, 2.75) is 26.3 Å². The van der Waals surface area contributed by atoms with Gasteiger partial charge in [-0.25, -0.2) is 13.5 Å². The molecule has 6 nitrogen and oxygen atoms in total. The molecule has 1 aliphatic rings. The minimum Gasteiger partial charge on any atom is -0.311 e. The van der Waals surface area contributed by atoms with E-state index in [1.165, 1.54) is 11.0 Å². The summed E-state index contributed by atoms with van der Waals surface area (Å²) in [5.74, 6) is -2.33. The first-order valence-electron chi connectivity index (χ1n) is 7.96. The second-order valence-electron chi connectivity index (χ2n) is 6.25. The highest BCUT2D eigenvalue weighted by Gasteiger charge is 2.36. The molecule has 0 spiro atoms. The number of anilines is 2. The van der Waals surface area contributed by atoms with E-state index in [2.05, 4.69) is 10.4 Å². The van der Waals surface area contributed by atoms with Crippen LogP contribution in [0.15, 0.2) is 30.5 Å². The molecule has 3 rings (SSSR count). The summed E-state index contributed by atoms with van der Waals surface area (Å²) < 4.78 is 28.6. The van der Waals surface area contributed by atoms with Gasteiger partial charge in [-0.15, -0.1) is 0 Å². The first-order chi connectivity index (χ1) is 11.9. The van der Waals surface area contributed by atoms with Gasteiger partial charge in [-0.2, -0.15) is 5.10 Å². The zero-order valence-electron chi connectivity index (χ0n) is 13.9. The Hall–Kier alpha value is -2.77. The molecule has 1 atom stereocenters. The minimum atomic E-state index is -0.827. The molecular formula is C17H18F2N4O2. The van der Waals surface area contributed by atoms with Crippen LogP contribution in [0, 0.1) is 17.6 Å². The Morgan fingerprint density at radius 1 is 1.32 bits per heavy atom. The number of hydrogen-bond acceptors (Lipinski definition) is 3. The van der Waals surface area contributed by atoms with Crippen molar-refractivity contribution in [1.29, 1.82) is 0 Å². The number of nitrogens with one attached hydrogen (secondary N) is 1. The fraction of sp³-hybridized carbons (Fsp3) is 0.353. The largest absolute Gasteiger partial charge is 0.311 e. The van der Waals surface area contributed by atoms with Crippen LogP contribution in [0.3, 0.4) is 0 Å². The molecule has 1 N–H and O–H groups in total. The third kappa shape index (κ3) is 3.38. The molecule has 8 heteroatoms.